The molecule has 3 aromatic heterocycles. The molecule has 0 bridgehead atoms. The molecule has 0 fully saturated rings. The SMILES string of the molecule is CC[C@H](CO)Nc1nc(Nc2ccc(S(=O)(=O)Nc3nc(C)cc(C)n3)cc2)c2ncn(C(C)C)c2n1. The van der Waals surface area contributed by atoms with Gasteiger partial charge in [-0.3, -0.25) is 0 Å². The standard InChI is InChI=1S/C24H31N9O3S/c1-6-17(12-34)29-23-30-21(20-22(31-23)33(13-25-20)14(2)3)28-18-7-9-19(10-8-18)37(35,36)32-24-26-15(4)11-16(5)27-24/h7-11,13-14,17,34H,6,12H2,1-5H3,(H,26,27,32)(H2,28,29,30,31)/t17-/m1/s1. The number of fused-ring (bicyclic) bond motifs is 1. The van der Waals surface area contributed by atoms with Crippen molar-refractivity contribution in [2.24, 2.45) is 0 Å². The Kier molecular flexibility index (Phi) is 7.55. The monoisotopic (exact) mass is 525 g/mol. The maximum Gasteiger partial charge on any atom is 0.264 e. The summed E-state index contributed by atoms with van der Waals surface area (Å²) in [5.74, 6) is 0.837. The zero-order chi connectivity index (χ0) is 26.7. The maximum absolute atomic E-state index is 12.9. The van der Waals surface area contributed by atoms with E-state index in [1.54, 1.807) is 38.4 Å². The van der Waals surface area contributed by atoms with Gasteiger partial charge in [0.1, 0.15) is 0 Å². The van der Waals surface area contributed by atoms with E-state index in [0.29, 0.717) is 46.4 Å². The molecule has 196 valence electrons. The Morgan fingerprint density at radius 2 is 1.68 bits per heavy atom. The van der Waals surface area contributed by atoms with Crippen molar-refractivity contribution in [3.8, 4) is 0 Å². The van der Waals surface area contributed by atoms with Crippen LogP contribution < -0.4 is 15.4 Å². The van der Waals surface area contributed by atoms with E-state index in [9.17, 15) is 13.5 Å². The van der Waals surface area contributed by atoms with E-state index in [1.165, 1.54) is 12.1 Å². The topological polar surface area (TPSA) is 160 Å². The van der Waals surface area contributed by atoms with Crippen LogP contribution in [0.15, 0.2) is 41.6 Å². The normalized spacial score (nSPS) is 12.6. The minimum Gasteiger partial charge on any atom is -0.394 e. The molecule has 0 spiro atoms. The summed E-state index contributed by atoms with van der Waals surface area (Å²) < 4.78 is 30.1. The van der Waals surface area contributed by atoms with Gasteiger partial charge in [0.2, 0.25) is 11.9 Å². The van der Waals surface area contributed by atoms with E-state index < -0.39 is 10.0 Å². The molecule has 0 aliphatic carbocycles. The Morgan fingerprint density at radius 3 is 2.27 bits per heavy atom. The molecule has 0 unspecified atom stereocenters. The molecule has 0 amide bonds. The van der Waals surface area contributed by atoms with Gasteiger partial charge in [0.05, 0.1) is 23.9 Å². The highest BCUT2D eigenvalue weighted by atomic mass is 32.2. The van der Waals surface area contributed by atoms with E-state index >= 15 is 0 Å². The first-order chi connectivity index (χ1) is 17.6. The van der Waals surface area contributed by atoms with E-state index in [-0.39, 0.29) is 29.5 Å². The third kappa shape index (κ3) is 5.94. The van der Waals surface area contributed by atoms with Gasteiger partial charge >= 0.3 is 0 Å². The van der Waals surface area contributed by atoms with Crippen LogP contribution in [0.2, 0.25) is 0 Å². The minimum absolute atomic E-state index is 0.0251. The molecular formula is C24H31N9O3S. The van der Waals surface area contributed by atoms with Gasteiger partial charge < -0.3 is 20.3 Å². The van der Waals surface area contributed by atoms with Gasteiger partial charge in [-0.2, -0.15) is 9.97 Å². The second-order valence-corrected chi connectivity index (χ2v) is 10.7. The molecule has 1 atom stereocenters. The van der Waals surface area contributed by atoms with Crippen LogP contribution in [0.25, 0.3) is 11.2 Å². The molecule has 3 heterocycles. The molecule has 12 nitrogen and oxygen atoms in total. The molecule has 37 heavy (non-hydrogen) atoms. The van der Waals surface area contributed by atoms with Crippen LogP contribution in [0.3, 0.4) is 0 Å². The predicted octanol–water partition coefficient (Wildman–Crippen LogP) is 3.54. The minimum atomic E-state index is -3.88. The maximum atomic E-state index is 12.9. The number of nitrogens with one attached hydrogen (secondary N) is 3. The Morgan fingerprint density at radius 1 is 1.00 bits per heavy atom. The second-order valence-electron chi connectivity index (χ2n) is 8.97. The Balaban J connectivity index is 1.62. The number of aryl methyl sites for hydroxylation is 2. The fourth-order valence-electron chi connectivity index (χ4n) is 3.71. The third-order valence-electron chi connectivity index (χ3n) is 5.66. The van der Waals surface area contributed by atoms with Crippen LogP contribution in [-0.4, -0.2) is 55.7 Å². The van der Waals surface area contributed by atoms with Crippen molar-refractivity contribution in [1.82, 2.24) is 29.5 Å². The van der Waals surface area contributed by atoms with Gasteiger partial charge in [-0.15, -0.1) is 0 Å². The summed E-state index contributed by atoms with van der Waals surface area (Å²) >= 11 is 0. The van der Waals surface area contributed by atoms with Crippen molar-refractivity contribution in [1.29, 1.82) is 0 Å². The molecule has 0 radical (unpaired) electrons. The summed E-state index contributed by atoms with van der Waals surface area (Å²) in [6.07, 6.45) is 2.40. The number of aliphatic hydroxyl groups is 1. The number of hydrogen-bond acceptors (Lipinski definition) is 10. The molecule has 4 rings (SSSR count). The largest absolute Gasteiger partial charge is 0.394 e. The van der Waals surface area contributed by atoms with E-state index in [0.717, 1.165) is 0 Å². The second kappa shape index (κ2) is 10.6. The summed E-state index contributed by atoms with van der Waals surface area (Å²) in [6.45, 7) is 9.51. The zero-order valence-electron chi connectivity index (χ0n) is 21.4. The number of rotatable bonds is 10. The fourth-order valence-corrected chi connectivity index (χ4v) is 4.65. The van der Waals surface area contributed by atoms with Crippen LogP contribution in [-0.2, 0) is 10.0 Å². The van der Waals surface area contributed by atoms with E-state index in [2.05, 4.69) is 40.3 Å². The van der Waals surface area contributed by atoms with Crippen molar-refractivity contribution < 1.29 is 13.5 Å². The summed E-state index contributed by atoms with van der Waals surface area (Å²) in [5, 5.41) is 16.0. The lowest BCUT2D eigenvalue weighted by Crippen LogP contribution is -2.24. The highest BCUT2D eigenvalue weighted by molar-refractivity contribution is 7.92. The average Bonchev–Trinajstić information content (AvgIpc) is 3.26. The molecule has 1 aromatic carbocycles. The fraction of sp³-hybridized carbons (Fsp3) is 0.375. The molecule has 0 saturated carbocycles. The lowest BCUT2D eigenvalue weighted by Gasteiger charge is -2.16. The van der Waals surface area contributed by atoms with Gasteiger partial charge in [0.25, 0.3) is 10.0 Å². The van der Waals surface area contributed by atoms with Crippen molar-refractivity contribution in [2.75, 3.05) is 22.0 Å². The van der Waals surface area contributed by atoms with Crippen molar-refractivity contribution in [3.05, 3.63) is 48.0 Å². The Labute approximate surface area is 215 Å². The zero-order valence-corrected chi connectivity index (χ0v) is 22.2. The number of aromatic nitrogens is 6. The number of anilines is 4. The molecule has 4 aromatic rings. The number of nitrogens with zero attached hydrogens (tertiary/aromatic N) is 6. The molecule has 0 aliphatic heterocycles. The quantitative estimate of drug-likeness (QED) is 0.241. The van der Waals surface area contributed by atoms with Crippen molar-refractivity contribution in [2.45, 2.75) is 58.0 Å². The molecule has 4 N–H and O–H groups in total. The van der Waals surface area contributed by atoms with Gasteiger partial charge in [0.15, 0.2) is 17.0 Å². The lowest BCUT2D eigenvalue weighted by molar-refractivity contribution is 0.271. The number of imidazole rings is 1. The average molecular weight is 526 g/mol. The smallest absolute Gasteiger partial charge is 0.264 e. The lowest BCUT2D eigenvalue weighted by atomic mass is 10.2. The van der Waals surface area contributed by atoms with Crippen LogP contribution in [0.5, 0.6) is 0 Å². The predicted molar refractivity (Wildman–Crippen MR) is 143 cm³/mol. The van der Waals surface area contributed by atoms with Crippen molar-refractivity contribution >= 4 is 44.6 Å². The Bertz CT molecular complexity index is 1480. The van der Waals surface area contributed by atoms with Gasteiger partial charge in [-0.25, -0.2) is 28.1 Å². The van der Waals surface area contributed by atoms with Gasteiger partial charge in [-0.1, -0.05) is 6.92 Å². The first-order valence-electron chi connectivity index (χ1n) is 11.9. The summed E-state index contributed by atoms with van der Waals surface area (Å²) in [4.78, 5) is 22.0. The van der Waals surface area contributed by atoms with Gasteiger partial charge in [-0.05, 0) is 64.4 Å². The molecule has 0 aliphatic rings. The summed E-state index contributed by atoms with van der Waals surface area (Å²) in [6, 6.07) is 7.93. The highest BCUT2D eigenvalue weighted by Gasteiger charge is 2.19. The Hall–Kier alpha value is -3.84. The molecule has 0 saturated heterocycles. The summed E-state index contributed by atoms with van der Waals surface area (Å²) in [5.41, 5.74) is 3.15. The molecular weight excluding hydrogens is 494 g/mol. The van der Waals surface area contributed by atoms with Crippen LogP contribution in [0.1, 0.15) is 44.6 Å². The number of hydrogen-bond donors (Lipinski definition) is 4. The third-order valence-corrected chi connectivity index (χ3v) is 7.00. The number of sulfonamides is 1. The van der Waals surface area contributed by atoms with E-state index in [4.69, 9.17) is 0 Å². The number of benzene rings is 1. The molecule has 13 heteroatoms. The van der Waals surface area contributed by atoms with Crippen LogP contribution in [0, 0.1) is 13.8 Å². The van der Waals surface area contributed by atoms with Gasteiger partial charge in [0, 0.05) is 23.1 Å². The number of aliphatic hydroxyl groups excluding tert-OH is 1. The van der Waals surface area contributed by atoms with Crippen LogP contribution >= 0.6 is 0 Å². The summed E-state index contributed by atoms with van der Waals surface area (Å²) in [7, 11) is -3.88. The highest BCUT2D eigenvalue weighted by Crippen LogP contribution is 2.27. The first-order valence-corrected chi connectivity index (χ1v) is 13.4. The first kappa shape index (κ1) is 26.2. The van der Waals surface area contributed by atoms with E-state index in [1.807, 2.05) is 25.3 Å². The van der Waals surface area contributed by atoms with Crippen molar-refractivity contribution in [3.63, 3.8) is 0 Å². The van der Waals surface area contributed by atoms with Crippen LogP contribution in [0.4, 0.5) is 23.4 Å².